The van der Waals surface area contributed by atoms with E-state index in [1.54, 1.807) is 0 Å². The number of ether oxygens (including phenoxy) is 1. The Morgan fingerprint density at radius 1 is 1.60 bits per heavy atom. The summed E-state index contributed by atoms with van der Waals surface area (Å²) < 4.78 is 5.02. The van der Waals surface area contributed by atoms with Crippen LogP contribution in [0.4, 0.5) is 0 Å². The highest BCUT2D eigenvalue weighted by atomic mass is 16.5. The number of allylic oxidation sites excluding steroid dienone is 2. The second-order valence-electron chi connectivity index (χ2n) is 2.24. The van der Waals surface area contributed by atoms with Crippen LogP contribution in [0, 0.1) is 0 Å². The molecule has 0 bridgehead atoms. The van der Waals surface area contributed by atoms with Crippen LogP contribution in [0.25, 0.3) is 0 Å². The van der Waals surface area contributed by atoms with E-state index in [1.807, 2.05) is 0 Å². The molecule has 0 spiro atoms. The molecule has 1 heteroatoms. The summed E-state index contributed by atoms with van der Waals surface area (Å²) in [4.78, 5) is 0. The summed E-state index contributed by atoms with van der Waals surface area (Å²) in [7, 11) is 0. The molecule has 1 nitrogen and oxygen atoms in total. The molecule has 10 heavy (non-hydrogen) atoms. The molecule has 0 aromatic heterocycles. The molecule has 0 aliphatic heterocycles. The van der Waals surface area contributed by atoms with Gasteiger partial charge in [0, 0.05) is 0 Å². The molecule has 1 aliphatic rings. The number of rotatable bonds is 3. The summed E-state index contributed by atoms with van der Waals surface area (Å²) in [6.07, 6.45) is 10.3. The second kappa shape index (κ2) is 3.94. The Hall–Kier alpha value is -0.980. The Morgan fingerprint density at radius 2 is 2.50 bits per heavy atom. The van der Waals surface area contributed by atoms with Crippen molar-refractivity contribution in [2.75, 3.05) is 6.61 Å². The van der Waals surface area contributed by atoms with Gasteiger partial charge in [-0.3, -0.25) is 0 Å². The molecule has 0 fully saturated rings. The fourth-order valence-corrected chi connectivity index (χ4v) is 0.930. The van der Waals surface area contributed by atoms with E-state index in [0.29, 0.717) is 6.61 Å². The predicted octanol–water partition coefficient (Wildman–Crippen LogP) is 2.42. The smallest absolute Gasteiger partial charge is 0.112 e. The zero-order chi connectivity index (χ0) is 7.23. The van der Waals surface area contributed by atoms with Crippen molar-refractivity contribution in [2.24, 2.45) is 0 Å². The molecular formula is C9H12O. The molecular weight excluding hydrogens is 124 g/mol. The van der Waals surface area contributed by atoms with Crippen molar-refractivity contribution >= 4 is 0 Å². The minimum atomic E-state index is 0.667. The fourth-order valence-electron chi connectivity index (χ4n) is 0.930. The summed E-state index contributed by atoms with van der Waals surface area (Å²) >= 11 is 0. The molecule has 0 saturated heterocycles. The second-order valence-corrected chi connectivity index (χ2v) is 2.24. The van der Waals surface area contributed by atoms with Crippen LogP contribution in [0.5, 0.6) is 0 Å². The third-order valence-electron chi connectivity index (χ3n) is 1.44. The number of hydrogen-bond acceptors (Lipinski definition) is 1. The highest BCUT2D eigenvalue weighted by molar-refractivity contribution is 5.22. The third-order valence-corrected chi connectivity index (χ3v) is 1.44. The van der Waals surface area contributed by atoms with Gasteiger partial charge in [0.15, 0.2) is 0 Å². The van der Waals surface area contributed by atoms with E-state index < -0.39 is 0 Å². The molecule has 0 aromatic carbocycles. The van der Waals surface area contributed by atoms with Crippen LogP contribution < -0.4 is 0 Å². The Morgan fingerprint density at radius 3 is 3.10 bits per heavy atom. The fraction of sp³-hybridized carbons (Fsp3) is 0.333. The monoisotopic (exact) mass is 136 g/mol. The third kappa shape index (κ3) is 2.09. The standard InChI is InChI=1S/C9H12O/c1-2-10-8-9-6-4-3-5-7-9/h2,4,6-7H,1,3,5,8H2. The quantitative estimate of drug-likeness (QED) is 0.541. The minimum absolute atomic E-state index is 0.667. The van der Waals surface area contributed by atoms with E-state index in [0.717, 1.165) is 12.8 Å². The molecule has 1 aliphatic carbocycles. The van der Waals surface area contributed by atoms with Gasteiger partial charge < -0.3 is 4.74 Å². The van der Waals surface area contributed by atoms with Crippen molar-refractivity contribution in [3.05, 3.63) is 36.6 Å². The summed E-state index contributed by atoms with van der Waals surface area (Å²) in [5, 5.41) is 0. The van der Waals surface area contributed by atoms with Crippen LogP contribution in [-0.2, 0) is 4.74 Å². The molecule has 0 aromatic rings. The van der Waals surface area contributed by atoms with Crippen LogP contribution in [0.2, 0.25) is 0 Å². The van der Waals surface area contributed by atoms with Crippen molar-refractivity contribution in [1.29, 1.82) is 0 Å². The Kier molecular flexibility index (Phi) is 2.81. The zero-order valence-corrected chi connectivity index (χ0v) is 6.05. The first kappa shape index (κ1) is 7.13. The maximum Gasteiger partial charge on any atom is 0.112 e. The average molecular weight is 136 g/mol. The van der Waals surface area contributed by atoms with E-state index in [-0.39, 0.29) is 0 Å². The Balaban J connectivity index is 2.32. The van der Waals surface area contributed by atoms with Crippen LogP contribution >= 0.6 is 0 Å². The van der Waals surface area contributed by atoms with Gasteiger partial charge in [0.25, 0.3) is 0 Å². The topological polar surface area (TPSA) is 9.23 Å². The maximum atomic E-state index is 5.02. The zero-order valence-electron chi connectivity index (χ0n) is 6.05. The minimum Gasteiger partial charge on any atom is -0.497 e. The van der Waals surface area contributed by atoms with Gasteiger partial charge in [-0.25, -0.2) is 0 Å². The van der Waals surface area contributed by atoms with Crippen LogP contribution in [0.3, 0.4) is 0 Å². The van der Waals surface area contributed by atoms with Gasteiger partial charge in [-0.2, -0.15) is 0 Å². The first-order valence-corrected chi connectivity index (χ1v) is 3.51. The first-order chi connectivity index (χ1) is 4.93. The highest BCUT2D eigenvalue weighted by Crippen LogP contribution is 2.09. The summed E-state index contributed by atoms with van der Waals surface area (Å²) in [5.41, 5.74) is 1.26. The van der Waals surface area contributed by atoms with Gasteiger partial charge >= 0.3 is 0 Å². The SMILES string of the molecule is C=COCC1=CCCC=C1. The van der Waals surface area contributed by atoms with Crippen LogP contribution in [-0.4, -0.2) is 6.61 Å². The van der Waals surface area contributed by atoms with Gasteiger partial charge in [-0.1, -0.05) is 24.8 Å². The lowest BCUT2D eigenvalue weighted by atomic mass is 10.1. The van der Waals surface area contributed by atoms with Crippen LogP contribution in [0.1, 0.15) is 12.8 Å². The van der Waals surface area contributed by atoms with E-state index in [9.17, 15) is 0 Å². The Labute approximate surface area is 61.7 Å². The summed E-state index contributed by atoms with van der Waals surface area (Å²) in [6, 6.07) is 0. The first-order valence-electron chi connectivity index (χ1n) is 3.51. The van der Waals surface area contributed by atoms with Gasteiger partial charge in [0.05, 0.1) is 6.26 Å². The normalized spacial score (nSPS) is 16.2. The van der Waals surface area contributed by atoms with E-state index >= 15 is 0 Å². The van der Waals surface area contributed by atoms with Gasteiger partial charge in [0.1, 0.15) is 6.61 Å². The van der Waals surface area contributed by atoms with Crippen molar-refractivity contribution in [2.45, 2.75) is 12.8 Å². The lowest BCUT2D eigenvalue weighted by Crippen LogP contribution is -1.92. The Bertz CT molecular complexity index is 166. The van der Waals surface area contributed by atoms with E-state index in [4.69, 9.17) is 4.74 Å². The molecule has 0 saturated carbocycles. The lowest BCUT2D eigenvalue weighted by molar-refractivity contribution is 0.284. The van der Waals surface area contributed by atoms with E-state index in [1.165, 1.54) is 11.8 Å². The molecule has 0 N–H and O–H groups in total. The molecule has 0 radical (unpaired) electrons. The average Bonchev–Trinajstić information content (AvgIpc) is 2.03. The summed E-state index contributed by atoms with van der Waals surface area (Å²) in [5.74, 6) is 0. The lowest BCUT2D eigenvalue weighted by Gasteiger charge is -2.04. The van der Waals surface area contributed by atoms with Gasteiger partial charge in [0.2, 0.25) is 0 Å². The highest BCUT2D eigenvalue weighted by Gasteiger charge is 1.94. The predicted molar refractivity (Wildman–Crippen MR) is 42.6 cm³/mol. The molecule has 1 rings (SSSR count). The molecule has 0 amide bonds. The van der Waals surface area contributed by atoms with Crippen molar-refractivity contribution < 1.29 is 4.74 Å². The molecule has 0 unspecified atom stereocenters. The molecule has 54 valence electrons. The summed E-state index contributed by atoms with van der Waals surface area (Å²) in [6.45, 7) is 4.14. The molecule has 0 heterocycles. The van der Waals surface area contributed by atoms with E-state index in [2.05, 4.69) is 24.8 Å². The van der Waals surface area contributed by atoms with Gasteiger partial charge in [-0.15, -0.1) is 0 Å². The largest absolute Gasteiger partial charge is 0.497 e. The van der Waals surface area contributed by atoms with Crippen molar-refractivity contribution in [3.63, 3.8) is 0 Å². The number of hydrogen-bond donors (Lipinski definition) is 0. The molecule has 0 atom stereocenters. The maximum absolute atomic E-state index is 5.02. The van der Waals surface area contributed by atoms with Crippen LogP contribution in [0.15, 0.2) is 36.6 Å². The van der Waals surface area contributed by atoms with Crippen molar-refractivity contribution in [3.8, 4) is 0 Å². The van der Waals surface area contributed by atoms with Gasteiger partial charge in [-0.05, 0) is 18.4 Å². The van der Waals surface area contributed by atoms with Crippen molar-refractivity contribution in [1.82, 2.24) is 0 Å².